The van der Waals surface area contributed by atoms with Gasteiger partial charge in [-0.3, -0.25) is 14.5 Å². The smallest absolute Gasteiger partial charge is 0.235 e. The average molecular weight is 502 g/mol. The minimum Gasteiger partial charge on any atom is -0.391 e. The predicted molar refractivity (Wildman–Crippen MR) is 143 cm³/mol. The second-order valence-corrected chi connectivity index (χ2v) is 11.4. The minimum absolute atomic E-state index is 0.0459. The number of nitrogens with one attached hydrogen (secondary N) is 1. The van der Waals surface area contributed by atoms with E-state index in [4.69, 9.17) is 4.74 Å². The molecule has 0 aromatic carbocycles. The Kier molecular flexibility index (Phi) is 10.9. The number of aliphatic hydroxyl groups excluding tert-OH is 1. The molecule has 0 spiro atoms. The van der Waals surface area contributed by atoms with Crippen LogP contribution in [-0.4, -0.2) is 60.2 Å². The zero-order valence-corrected chi connectivity index (χ0v) is 22.9. The molecule has 1 aromatic rings. The summed E-state index contributed by atoms with van der Waals surface area (Å²) in [4.78, 5) is 33.1. The summed E-state index contributed by atoms with van der Waals surface area (Å²) in [5.74, 6) is 0.756. The molecule has 1 saturated carbocycles. The van der Waals surface area contributed by atoms with Crippen molar-refractivity contribution in [1.29, 1.82) is 0 Å². The second kappa shape index (κ2) is 13.6. The fourth-order valence-electron chi connectivity index (χ4n) is 5.30. The number of Topliss-reactive ketones (excluding diaryl/α,β-unsaturated/α-hetero) is 1. The molecule has 0 bridgehead atoms. The molecule has 0 radical (unpaired) electrons. The monoisotopic (exact) mass is 501 g/mol. The average Bonchev–Trinajstić information content (AvgIpc) is 3.67. The lowest BCUT2D eigenvalue weighted by Crippen LogP contribution is -2.56. The van der Waals surface area contributed by atoms with Crippen LogP contribution in [0.2, 0.25) is 0 Å². The van der Waals surface area contributed by atoms with Crippen LogP contribution in [0.25, 0.3) is 0 Å². The fraction of sp³-hybridized carbons (Fsp3) is 0.759. The number of rotatable bonds is 14. The van der Waals surface area contributed by atoms with Crippen molar-refractivity contribution in [1.82, 2.24) is 10.3 Å². The first-order chi connectivity index (χ1) is 17.2. The van der Waals surface area contributed by atoms with Gasteiger partial charge in [-0.1, -0.05) is 33.8 Å². The lowest BCUT2D eigenvalue weighted by Gasteiger charge is -2.36. The van der Waals surface area contributed by atoms with Gasteiger partial charge in [-0.15, -0.1) is 0 Å². The number of nitrogens with zero attached hydrogens (tertiary/aromatic N) is 2. The number of ketones is 1. The molecule has 0 unspecified atom stereocenters. The molecule has 7 nitrogen and oxygen atoms in total. The molecule has 1 aliphatic carbocycles. The van der Waals surface area contributed by atoms with Gasteiger partial charge in [0.1, 0.15) is 11.6 Å². The molecule has 1 amide bonds. The molecule has 2 fully saturated rings. The summed E-state index contributed by atoms with van der Waals surface area (Å²) >= 11 is 0. The number of hydrogen-bond donors (Lipinski definition) is 2. The number of carbonyl (C=O) groups excluding carboxylic acids is 2. The first-order valence-electron chi connectivity index (χ1n) is 14.0. The Labute approximate surface area is 217 Å². The molecule has 2 aliphatic rings. The van der Waals surface area contributed by atoms with Crippen molar-refractivity contribution in [3.63, 3.8) is 0 Å². The minimum atomic E-state index is -0.975. The Hall–Kier alpha value is -1.83. The SMILES string of the molecule is CCOC[C@H](CCCC(=O)[C@@H]1CNC[C@H](C(=O)N(c2ccc(C(C)C)cn2)C2CC2)[C@@H]1O)CC(C)C. The third-order valence-corrected chi connectivity index (χ3v) is 7.52. The highest BCUT2D eigenvalue weighted by Gasteiger charge is 2.44. The maximum Gasteiger partial charge on any atom is 0.235 e. The maximum absolute atomic E-state index is 13.6. The predicted octanol–water partition coefficient (Wildman–Crippen LogP) is 4.34. The summed E-state index contributed by atoms with van der Waals surface area (Å²) in [5, 5.41) is 14.4. The van der Waals surface area contributed by atoms with E-state index in [9.17, 15) is 14.7 Å². The molecule has 2 N–H and O–H groups in total. The van der Waals surface area contributed by atoms with Gasteiger partial charge in [0.2, 0.25) is 5.91 Å². The van der Waals surface area contributed by atoms with Crippen molar-refractivity contribution in [2.75, 3.05) is 31.2 Å². The van der Waals surface area contributed by atoms with Crippen LogP contribution in [0, 0.1) is 23.7 Å². The summed E-state index contributed by atoms with van der Waals surface area (Å²) in [5.41, 5.74) is 1.13. The zero-order chi connectivity index (χ0) is 26.2. The van der Waals surface area contributed by atoms with Gasteiger partial charge in [-0.25, -0.2) is 4.98 Å². The van der Waals surface area contributed by atoms with Gasteiger partial charge >= 0.3 is 0 Å². The summed E-state index contributed by atoms with van der Waals surface area (Å²) in [6, 6.07) is 4.06. The van der Waals surface area contributed by atoms with Gasteiger partial charge < -0.3 is 15.2 Å². The van der Waals surface area contributed by atoms with Gasteiger partial charge in [0.25, 0.3) is 0 Å². The van der Waals surface area contributed by atoms with E-state index in [1.54, 1.807) is 4.90 Å². The van der Waals surface area contributed by atoms with Crippen LogP contribution >= 0.6 is 0 Å². The second-order valence-electron chi connectivity index (χ2n) is 11.4. The van der Waals surface area contributed by atoms with E-state index in [-0.39, 0.29) is 17.7 Å². The highest BCUT2D eigenvalue weighted by Crippen LogP contribution is 2.34. The van der Waals surface area contributed by atoms with Crippen molar-refractivity contribution < 1.29 is 19.4 Å². The third-order valence-electron chi connectivity index (χ3n) is 7.52. The van der Waals surface area contributed by atoms with E-state index in [2.05, 4.69) is 38.0 Å². The number of amides is 1. The molecule has 1 aliphatic heterocycles. The normalized spacial score (nSPS) is 23.2. The molecule has 7 heteroatoms. The van der Waals surface area contributed by atoms with E-state index < -0.39 is 17.9 Å². The van der Waals surface area contributed by atoms with Crippen molar-refractivity contribution in [3.8, 4) is 0 Å². The quantitative estimate of drug-likeness (QED) is 0.394. The molecule has 36 heavy (non-hydrogen) atoms. The van der Waals surface area contributed by atoms with E-state index >= 15 is 0 Å². The molecule has 4 atom stereocenters. The zero-order valence-electron chi connectivity index (χ0n) is 22.9. The Morgan fingerprint density at radius 1 is 1.17 bits per heavy atom. The lowest BCUT2D eigenvalue weighted by molar-refractivity contribution is -0.135. The van der Waals surface area contributed by atoms with Crippen molar-refractivity contribution in [2.45, 2.75) is 91.2 Å². The molecule has 1 aromatic heterocycles. The van der Waals surface area contributed by atoms with Gasteiger partial charge in [0.05, 0.1) is 17.9 Å². The van der Waals surface area contributed by atoms with E-state index in [0.29, 0.717) is 49.7 Å². The Balaban J connectivity index is 1.60. The Bertz CT molecular complexity index is 837. The number of piperidine rings is 1. The van der Waals surface area contributed by atoms with Crippen LogP contribution in [0.1, 0.15) is 84.6 Å². The first kappa shape index (κ1) is 28.7. The largest absolute Gasteiger partial charge is 0.391 e. The van der Waals surface area contributed by atoms with E-state index in [1.807, 2.05) is 25.3 Å². The number of carbonyl (C=O) groups is 2. The van der Waals surface area contributed by atoms with Crippen LogP contribution in [0.15, 0.2) is 18.3 Å². The molecule has 2 heterocycles. The van der Waals surface area contributed by atoms with E-state index in [1.165, 1.54) is 0 Å². The van der Waals surface area contributed by atoms with Gasteiger partial charge in [0.15, 0.2) is 0 Å². The standard InChI is InChI=1S/C29H47N3O4/c1-6-36-18-21(14-19(2)3)8-7-9-26(33)24-16-30-17-25(28(24)34)29(35)32(23-11-12-23)27-13-10-22(15-31-27)20(4)5/h10,13,15,19-21,23-25,28,30,34H,6-9,11-12,14,16-18H2,1-5H3/t21-,24+,25+,28-/m1/s1. The number of ether oxygens (including phenoxy) is 1. The molecular formula is C29H47N3O4. The summed E-state index contributed by atoms with van der Waals surface area (Å²) in [7, 11) is 0. The van der Waals surface area contributed by atoms with E-state index in [0.717, 1.165) is 44.3 Å². The van der Waals surface area contributed by atoms with Gasteiger partial charge in [0, 0.05) is 45.0 Å². The highest BCUT2D eigenvalue weighted by molar-refractivity contribution is 5.96. The van der Waals surface area contributed by atoms with Crippen LogP contribution in [-0.2, 0) is 14.3 Å². The number of aromatic nitrogens is 1. The Morgan fingerprint density at radius 3 is 2.47 bits per heavy atom. The van der Waals surface area contributed by atoms with Gasteiger partial charge in [-0.2, -0.15) is 0 Å². The van der Waals surface area contributed by atoms with Crippen LogP contribution in [0.4, 0.5) is 5.82 Å². The van der Waals surface area contributed by atoms with Crippen LogP contribution in [0.5, 0.6) is 0 Å². The summed E-state index contributed by atoms with van der Waals surface area (Å²) in [6.07, 6.45) is 5.98. The number of aliphatic hydroxyl groups is 1. The van der Waals surface area contributed by atoms with Crippen molar-refractivity contribution in [2.24, 2.45) is 23.7 Å². The molecule has 3 rings (SSSR count). The summed E-state index contributed by atoms with van der Waals surface area (Å²) < 4.78 is 5.65. The molecular weight excluding hydrogens is 454 g/mol. The van der Waals surface area contributed by atoms with Crippen molar-refractivity contribution >= 4 is 17.5 Å². The Morgan fingerprint density at radius 2 is 1.89 bits per heavy atom. The summed E-state index contributed by atoms with van der Waals surface area (Å²) in [6.45, 7) is 12.9. The maximum atomic E-state index is 13.6. The number of hydrogen-bond acceptors (Lipinski definition) is 6. The third kappa shape index (κ3) is 7.83. The van der Waals surface area contributed by atoms with Crippen LogP contribution in [0.3, 0.4) is 0 Å². The molecule has 1 saturated heterocycles. The van der Waals surface area contributed by atoms with Gasteiger partial charge in [-0.05, 0) is 68.4 Å². The first-order valence-corrected chi connectivity index (χ1v) is 14.0. The fourth-order valence-corrected chi connectivity index (χ4v) is 5.30. The molecule has 202 valence electrons. The highest BCUT2D eigenvalue weighted by atomic mass is 16.5. The van der Waals surface area contributed by atoms with Crippen LogP contribution < -0.4 is 10.2 Å². The lowest BCUT2D eigenvalue weighted by atomic mass is 9.81. The topological polar surface area (TPSA) is 91.8 Å². The van der Waals surface area contributed by atoms with Crippen molar-refractivity contribution in [3.05, 3.63) is 23.9 Å². The number of anilines is 1. The number of pyridine rings is 1.